The fourth-order valence-electron chi connectivity index (χ4n) is 2.15. The van der Waals surface area contributed by atoms with E-state index in [0.29, 0.717) is 0 Å². The molecule has 0 amide bonds. The molecule has 0 aliphatic rings. The molecule has 0 N–H and O–H groups in total. The molecule has 0 aliphatic carbocycles. The minimum atomic E-state index is -0.0985. The van der Waals surface area contributed by atoms with Gasteiger partial charge in [-0.2, -0.15) is 0 Å². The van der Waals surface area contributed by atoms with Gasteiger partial charge in [-0.05, 0) is 11.1 Å². The SMILES string of the molecule is CO[C@H](c1ccccc1)[C@H](OC)c1ccccc1. The Morgan fingerprint density at radius 3 is 1.22 bits per heavy atom. The molecule has 0 fully saturated rings. The molecule has 2 heteroatoms. The lowest BCUT2D eigenvalue weighted by molar-refractivity contribution is -0.0397. The van der Waals surface area contributed by atoms with E-state index in [1.165, 1.54) is 0 Å². The quantitative estimate of drug-likeness (QED) is 0.794. The molecule has 2 rings (SSSR count). The number of rotatable bonds is 5. The van der Waals surface area contributed by atoms with Crippen LogP contribution >= 0.6 is 0 Å². The van der Waals surface area contributed by atoms with Gasteiger partial charge in [0.05, 0.1) is 0 Å². The maximum absolute atomic E-state index is 5.62. The van der Waals surface area contributed by atoms with E-state index in [9.17, 15) is 0 Å². The van der Waals surface area contributed by atoms with E-state index < -0.39 is 0 Å². The van der Waals surface area contributed by atoms with Gasteiger partial charge in [-0.25, -0.2) is 0 Å². The monoisotopic (exact) mass is 242 g/mol. The molecule has 0 aromatic heterocycles. The largest absolute Gasteiger partial charge is 0.374 e. The average molecular weight is 242 g/mol. The van der Waals surface area contributed by atoms with Crippen molar-refractivity contribution in [1.82, 2.24) is 0 Å². The van der Waals surface area contributed by atoms with Crippen molar-refractivity contribution in [3.05, 3.63) is 71.8 Å². The van der Waals surface area contributed by atoms with Gasteiger partial charge in [0.15, 0.2) is 0 Å². The summed E-state index contributed by atoms with van der Waals surface area (Å²) in [5.74, 6) is 0. The van der Waals surface area contributed by atoms with Crippen molar-refractivity contribution in [3.8, 4) is 0 Å². The van der Waals surface area contributed by atoms with E-state index in [4.69, 9.17) is 9.47 Å². The van der Waals surface area contributed by atoms with Crippen molar-refractivity contribution in [2.45, 2.75) is 12.2 Å². The molecule has 0 heterocycles. The second-order valence-electron chi connectivity index (χ2n) is 4.13. The van der Waals surface area contributed by atoms with Gasteiger partial charge in [-0.3, -0.25) is 0 Å². The Balaban J connectivity index is 2.31. The van der Waals surface area contributed by atoms with Crippen LogP contribution in [0.5, 0.6) is 0 Å². The van der Waals surface area contributed by atoms with Gasteiger partial charge in [-0.1, -0.05) is 60.7 Å². The molecule has 0 aliphatic heterocycles. The molecule has 2 atom stereocenters. The highest BCUT2D eigenvalue weighted by molar-refractivity contribution is 5.25. The van der Waals surface area contributed by atoms with Gasteiger partial charge in [-0.15, -0.1) is 0 Å². The fraction of sp³-hybridized carbons (Fsp3) is 0.250. The second kappa shape index (κ2) is 6.34. The Kier molecular flexibility index (Phi) is 4.51. The molecule has 18 heavy (non-hydrogen) atoms. The van der Waals surface area contributed by atoms with Gasteiger partial charge in [0, 0.05) is 14.2 Å². The van der Waals surface area contributed by atoms with Gasteiger partial charge < -0.3 is 9.47 Å². The Morgan fingerprint density at radius 1 is 0.611 bits per heavy atom. The maximum Gasteiger partial charge on any atom is 0.112 e. The normalized spacial score (nSPS) is 14.1. The molecular formula is C16H18O2. The Hall–Kier alpha value is -1.64. The van der Waals surface area contributed by atoms with Crippen LogP contribution in [0.15, 0.2) is 60.7 Å². The number of ether oxygens (including phenoxy) is 2. The predicted molar refractivity (Wildman–Crippen MR) is 72.4 cm³/mol. The Morgan fingerprint density at radius 2 is 0.944 bits per heavy atom. The molecule has 2 aromatic rings. The fourth-order valence-corrected chi connectivity index (χ4v) is 2.15. The summed E-state index contributed by atoms with van der Waals surface area (Å²) < 4.78 is 11.2. The van der Waals surface area contributed by atoms with E-state index in [-0.39, 0.29) is 12.2 Å². The van der Waals surface area contributed by atoms with Crippen LogP contribution in [-0.2, 0) is 9.47 Å². The smallest absolute Gasteiger partial charge is 0.112 e. The molecule has 2 nitrogen and oxygen atoms in total. The summed E-state index contributed by atoms with van der Waals surface area (Å²) in [6.07, 6.45) is -0.197. The Labute approximate surface area is 108 Å². The summed E-state index contributed by atoms with van der Waals surface area (Å²) in [6, 6.07) is 20.3. The van der Waals surface area contributed by atoms with Gasteiger partial charge in [0.1, 0.15) is 12.2 Å². The van der Waals surface area contributed by atoms with Crippen LogP contribution in [0.2, 0.25) is 0 Å². The number of hydrogen-bond donors (Lipinski definition) is 0. The van der Waals surface area contributed by atoms with Gasteiger partial charge in [0.2, 0.25) is 0 Å². The van der Waals surface area contributed by atoms with Gasteiger partial charge in [0.25, 0.3) is 0 Å². The first-order chi connectivity index (χ1) is 8.86. The predicted octanol–water partition coefficient (Wildman–Crippen LogP) is 3.76. The van der Waals surface area contributed by atoms with Crippen molar-refractivity contribution < 1.29 is 9.47 Å². The van der Waals surface area contributed by atoms with Crippen molar-refractivity contribution in [2.24, 2.45) is 0 Å². The zero-order valence-corrected chi connectivity index (χ0v) is 10.7. The summed E-state index contributed by atoms with van der Waals surface area (Å²) in [6.45, 7) is 0. The first-order valence-electron chi connectivity index (χ1n) is 6.02. The highest BCUT2D eigenvalue weighted by atomic mass is 16.5. The van der Waals surface area contributed by atoms with E-state index in [2.05, 4.69) is 24.3 Å². The molecule has 0 spiro atoms. The zero-order valence-electron chi connectivity index (χ0n) is 10.7. The third kappa shape index (κ3) is 2.78. The summed E-state index contributed by atoms with van der Waals surface area (Å²) in [5, 5.41) is 0. The third-order valence-corrected chi connectivity index (χ3v) is 3.04. The Bertz CT molecular complexity index is 408. The van der Waals surface area contributed by atoms with Crippen molar-refractivity contribution >= 4 is 0 Å². The lowest BCUT2D eigenvalue weighted by Crippen LogP contribution is -2.15. The van der Waals surface area contributed by atoms with Crippen LogP contribution in [0.25, 0.3) is 0 Å². The first-order valence-corrected chi connectivity index (χ1v) is 6.02. The van der Waals surface area contributed by atoms with Crippen molar-refractivity contribution in [2.75, 3.05) is 14.2 Å². The van der Waals surface area contributed by atoms with E-state index in [0.717, 1.165) is 11.1 Å². The summed E-state index contributed by atoms with van der Waals surface area (Å²) in [4.78, 5) is 0. The van der Waals surface area contributed by atoms with Crippen molar-refractivity contribution in [3.63, 3.8) is 0 Å². The third-order valence-electron chi connectivity index (χ3n) is 3.04. The van der Waals surface area contributed by atoms with E-state index in [1.807, 2.05) is 36.4 Å². The average Bonchev–Trinajstić information content (AvgIpc) is 2.46. The summed E-state index contributed by atoms with van der Waals surface area (Å²) in [5.41, 5.74) is 2.24. The molecule has 0 radical (unpaired) electrons. The number of benzene rings is 2. The lowest BCUT2D eigenvalue weighted by atomic mass is 9.98. The molecule has 2 aromatic carbocycles. The highest BCUT2D eigenvalue weighted by Gasteiger charge is 2.24. The van der Waals surface area contributed by atoms with Crippen LogP contribution in [0, 0.1) is 0 Å². The maximum atomic E-state index is 5.62. The van der Waals surface area contributed by atoms with Gasteiger partial charge >= 0.3 is 0 Å². The summed E-state index contributed by atoms with van der Waals surface area (Å²) >= 11 is 0. The molecule has 0 saturated heterocycles. The van der Waals surface area contributed by atoms with Crippen LogP contribution in [0.4, 0.5) is 0 Å². The first kappa shape index (κ1) is 12.8. The molecule has 0 bridgehead atoms. The van der Waals surface area contributed by atoms with Crippen LogP contribution in [-0.4, -0.2) is 14.2 Å². The molecule has 94 valence electrons. The minimum Gasteiger partial charge on any atom is -0.374 e. The lowest BCUT2D eigenvalue weighted by Gasteiger charge is -2.25. The van der Waals surface area contributed by atoms with E-state index >= 15 is 0 Å². The topological polar surface area (TPSA) is 18.5 Å². The number of hydrogen-bond acceptors (Lipinski definition) is 2. The van der Waals surface area contributed by atoms with Crippen LogP contribution in [0.3, 0.4) is 0 Å². The summed E-state index contributed by atoms with van der Waals surface area (Å²) in [7, 11) is 3.43. The minimum absolute atomic E-state index is 0.0985. The standard InChI is InChI=1S/C16H18O2/c1-17-15(13-9-5-3-6-10-13)16(18-2)14-11-7-4-8-12-14/h3-12,15-16H,1-2H3/t15-,16-/m1/s1. The zero-order chi connectivity index (χ0) is 12.8. The second-order valence-corrected chi connectivity index (χ2v) is 4.13. The van der Waals surface area contributed by atoms with Crippen molar-refractivity contribution in [1.29, 1.82) is 0 Å². The molecular weight excluding hydrogens is 224 g/mol. The molecule has 0 saturated carbocycles. The highest BCUT2D eigenvalue weighted by Crippen LogP contribution is 2.33. The number of methoxy groups -OCH3 is 2. The van der Waals surface area contributed by atoms with Crippen LogP contribution in [0.1, 0.15) is 23.3 Å². The molecule has 0 unspecified atom stereocenters. The van der Waals surface area contributed by atoms with Crippen LogP contribution < -0.4 is 0 Å². The van der Waals surface area contributed by atoms with E-state index in [1.54, 1.807) is 14.2 Å².